The van der Waals surface area contributed by atoms with Crippen molar-refractivity contribution in [2.75, 3.05) is 26.2 Å². The second-order valence-electron chi connectivity index (χ2n) is 7.66. The third-order valence-electron chi connectivity index (χ3n) is 3.96. The highest BCUT2D eigenvalue weighted by Crippen LogP contribution is 2.21. The molecular weight excluding hydrogens is 246 g/mol. The first-order valence-corrected chi connectivity index (χ1v) is 8.08. The summed E-state index contributed by atoms with van der Waals surface area (Å²) in [5.74, 6) is 7.60. The van der Waals surface area contributed by atoms with Crippen LogP contribution in [0.2, 0.25) is 0 Å². The van der Waals surface area contributed by atoms with Gasteiger partial charge in [-0.05, 0) is 53.4 Å². The molecule has 1 aliphatic heterocycles. The Balaban J connectivity index is 2.05. The monoisotopic (exact) mass is 279 g/mol. The molecule has 0 aromatic rings. The molecule has 2 heteroatoms. The van der Waals surface area contributed by atoms with Gasteiger partial charge in [-0.1, -0.05) is 12.8 Å². The van der Waals surface area contributed by atoms with E-state index in [1.54, 1.807) is 0 Å². The van der Waals surface area contributed by atoms with Crippen LogP contribution in [-0.4, -0.2) is 36.7 Å². The van der Waals surface area contributed by atoms with Crippen LogP contribution < -0.4 is 0 Å². The molecule has 0 unspecified atom stereocenters. The summed E-state index contributed by atoms with van der Waals surface area (Å²) in [6.45, 7) is 17.4. The number of rotatable bonds is 6. The first kappa shape index (κ1) is 17.5. The lowest BCUT2D eigenvalue weighted by molar-refractivity contribution is -0.0281. The van der Waals surface area contributed by atoms with Crippen LogP contribution in [-0.2, 0) is 4.74 Å². The standard InChI is InChI=1S/C18H33NO/c1-7-18(5,6)11-9-8-10-16-14-19(15-16)12-13-20-17(2,3)4/h16H,7-8,10,12-15H2,1-6H3. The van der Waals surface area contributed by atoms with E-state index in [1.807, 2.05) is 0 Å². The molecule has 116 valence electrons. The summed E-state index contributed by atoms with van der Waals surface area (Å²) in [5, 5.41) is 0. The Morgan fingerprint density at radius 1 is 1.15 bits per heavy atom. The molecule has 0 spiro atoms. The third kappa shape index (κ3) is 7.31. The summed E-state index contributed by atoms with van der Waals surface area (Å²) >= 11 is 0. The lowest BCUT2D eigenvalue weighted by Gasteiger charge is -2.39. The quantitative estimate of drug-likeness (QED) is 0.683. The van der Waals surface area contributed by atoms with E-state index in [2.05, 4.69) is 58.3 Å². The average molecular weight is 279 g/mol. The molecule has 1 rings (SSSR count). The lowest BCUT2D eigenvalue weighted by Crippen LogP contribution is -2.48. The smallest absolute Gasteiger partial charge is 0.0600 e. The van der Waals surface area contributed by atoms with Crippen molar-refractivity contribution in [3.8, 4) is 11.8 Å². The van der Waals surface area contributed by atoms with E-state index in [0.717, 1.165) is 31.9 Å². The van der Waals surface area contributed by atoms with Crippen LogP contribution in [0.5, 0.6) is 0 Å². The van der Waals surface area contributed by atoms with Crippen LogP contribution in [0.15, 0.2) is 0 Å². The highest BCUT2D eigenvalue weighted by Gasteiger charge is 2.25. The first-order chi connectivity index (χ1) is 9.22. The van der Waals surface area contributed by atoms with Gasteiger partial charge < -0.3 is 9.64 Å². The van der Waals surface area contributed by atoms with Gasteiger partial charge in [-0.3, -0.25) is 0 Å². The van der Waals surface area contributed by atoms with Gasteiger partial charge in [0.15, 0.2) is 0 Å². The maximum atomic E-state index is 5.76. The normalized spacial score (nSPS) is 17.5. The van der Waals surface area contributed by atoms with Crippen LogP contribution in [0.3, 0.4) is 0 Å². The zero-order valence-corrected chi connectivity index (χ0v) is 14.4. The zero-order chi connectivity index (χ0) is 15.2. The molecule has 20 heavy (non-hydrogen) atoms. The summed E-state index contributed by atoms with van der Waals surface area (Å²) < 4.78 is 5.76. The summed E-state index contributed by atoms with van der Waals surface area (Å²) in [6.07, 6.45) is 3.44. The van der Waals surface area contributed by atoms with Gasteiger partial charge >= 0.3 is 0 Å². The summed E-state index contributed by atoms with van der Waals surface area (Å²) in [4.78, 5) is 2.49. The van der Waals surface area contributed by atoms with Crippen LogP contribution in [0, 0.1) is 23.2 Å². The molecule has 1 saturated heterocycles. The van der Waals surface area contributed by atoms with Crippen molar-refractivity contribution in [2.24, 2.45) is 11.3 Å². The molecule has 0 N–H and O–H groups in total. The fourth-order valence-electron chi connectivity index (χ4n) is 2.19. The minimum Gasteiger partial charge on any atom is -0.375 e. The van der Waals surface area contributed by atoms with Gasteiger partial charge in [-0.2, -0.15) is 0 Å². The van der Waals surface area contributed by atoms with Gasteiger partial charge in [0.25, 0.3) is 0 Å². The van der Waals surface area contributed by atoms with E-state index < -0.39 is 0 Å². The van der Waals surface area contributed by atoms with E-state index in [0.29, 0.717) is 0 Å². The molecule has 0 bridgehead atoms. The van der Waals surface area contributed by atoms with Crippen molar-refractivity contribution < 1.29 is 4.74 Å². The molecule has 0 saturated carbocycles. The number of nitrogens with zero attached hydrogens (tertiary/aromatic N) is 1. The second-order valence-corrected chi connectivity index (χ2v) is 7.66. The largest absolute Gasteiger partial charge is 0.375 e. The van der Waals surface area contributed by atoms with E-state index in [9.17, 15) is 0 Å². The van der Waals surface area contributed by atoms with Gasteiger partial charge in [0.2, 0.25) is 0 Å². The van der Waals surface area contributed by atoms with Crippen molar-refractivity contribution in [1.29, 1.82) is 0 Å². The fraction of sp³-hybridized carbons (Fsp3) is 0.889. The van der Waals surface area contributed by atoms with Crippen molar-refractivity contribution >= 4 is 0 Å². The molecule has 2 nitrogen and oxygen atoms in total. The summed E-state index contributed by atoms with van der Waals surface area (Å²) in [6, 6.07) is 0. The Morgan fingerprint density at radius 3 is 2.35 bits per heavy atom. The predicted molar refractivity (Wildman–Crippen MR) is 86.7 cm³/mol. The van der Waals surface area contributed by atoms with Crippen LogP contribution in [0.4, 0.5) is 0 Å². The maximum Gasteiger partial charge on any atom is 0.0600 e. The SMILES string of the molecule is CCC(C)(C)C#CCCC1CN(CCOC(C)(C)C)C1. The van der Waals surface area contributed by atoms with E-state index in [-0.39, 0.29) is 11.0 Å². The molecular formula is C18H33NO. The molecule has 0 amide bonds. The fourth-order valence-corrected chi connectivity index (χ4v) is 2.19. The minimum atomic E-state index is -0.00800. The maximum absolute atomic E-state index is 5.76. The van der Waals surface area contributed by atoms with Gasteiger partial charge in [0.1, 0.15) is 0 Å². The molecule has 0 atom stereocenters. The first-order valence-electron chi connectivity index (χ1n) is 8.08. The number of likely N-dealkylation sites (tertiary alicyclic amines) is 1. The van der Waals surface area contributed by atoms with Crippen LogP contribution in [0.1, 0.15) is 60.8 Å². The van der Waals surface area contributed by atoms with E-state index >= 15 is 0 Å². The average Bonchev–Trinajstić information content (AvgIpc) is 2.28. The Hall–Kier alpha value is -0.520. The summed E-state index contributed by atoms with van der Waals surface area (Å²) in [7, 11) is 0. The molecule has 0 aromatic heterocycles. The highest BCUT2D eigenvalue weighted by molar-refractivity contribution is 5.08. The van der Waals surface area contributed by atoms with Crippen molar-refractivity contribution in [3.05, 3.63) is 0 Å². The van der Waals surface area contributed by atoms with E-state index in [1.165, 1.54) is 19.5 Å². The molecule has 1 aliphatic rings. The van der Waals surface area contributed by atoms with Crippen molar-refractivity contribution in [3.63, 3.8) is 0 Å². The Labute approximate surface area is 126 Å². The minimum absolute atomic E-state index is 0.00800. The molecule has 0 aromatic carbocycles. The van der Waals surface area contributed by atoms with Gasteiger partial charge in [0, 0.05) is 31.5 Å². The van der Waals surface area contributed by atoms with Gasteiger partial charge in [0.05, 0.1) is 12.2 Å². The van der Waals surface area contributed by atoms with Crippen molar-refractivity contribution in [1.82, 2.24) is 4.90 Å². The van der Waals surface area contributed by atoms with Gasteiger partial charge in [-0.15, -0.1) is 5.92 Å². The molecule has 1 heterocycles. The van der Waals surface area contributed by atoms with Crippen LogP contribution >= 0.6 is 0 Å². The van der Waals surface area contributed by atoms with Crippen molar-refractivity contribution in [2.45, 2.75) is 66.4 Å². The number of hydrogen-bond acceptors (Lipinski definition) is 2. The topological polar surface area (TPSA) is 12.5 Å². The highest BCUT2D eigenvalue weighted by atomic mass is 16.5. The van der Waals surface area contributed by atoms with E-state index in [4.69, 9.17) is 4.74 Å². The zero-order valence-electron chi connectivity index (χ0n) is 14.4. The second kappa shape index (κ2) is 7.48. The Bertz CT molecular complexity index is 337. The Kier molecular flexibility index (Phi) is 6.55. The summed E-state index contributed by atoms with van der Waals surface area (Å²) in [5.41, 5.74) is 0.182. The number of hydrogen-bond donors (Lipinski definition) is 0. The van der Waals surface area contributed by atoms with Crippen LogP contribution in [0.25, 0.3) is 0 Å². The van der Waals surface area contributed by atoms with Gasteiger partial charge in [-0.25, -0.2) is 0 Å². The predicted octanol–water partition coefficient (Wildman–Crippen LogP) is 3.95. The molecule has 0 aliphatic carbocycles. The lowest BCUT2D eigenvalue weighted by atomic mass is 9.90. The molecule has 1 fully saturated rings. The third-order valence-corrected chi connectivity index (χ3v) is 3.96. The number of ether oxygens (including phenoxy) is 1. The molecule has 0 radical (unpaired) electrons. The Morgan fingerprint density at radius 2 is 1.80 bits per heavy atom.